The van der Waals surface area contributed by atoms with Crippen molar-refractivity contribution in [2.24, 2.45) is 5.92 Å². The number of aromatic nitrogens is 1. The van der Waals surface area contributed by atoms with E-state index in [2.05, 4.69) is 46.1 Å². The Hall–Kier alpha value is -1.13. The molecule has 4 nitrogen and oxygen atoms in total. The van der Waals surface area contributed by atoms with Crippen LogP contribution in [0.1, 0.15) is 38.3 Å². The zero-order chi connectivity index (χ0) is 14.7. The SMILES string of the molecule is CCNC(C)c1cccnc1N1CCN(CC2CC2)CC1. The number of anilines is 1. The molecule has 3 rings (SSSR count). The fourth-order valence-corrected chi connectivity index (χ4v) is 3.24. The van der Waals surface area contributed by atoms with Crippen molar-refractivity contribution in [1.29, 1.82) is 0 Å². The predicted octanol–water partition coefficient (Wildman–Crippen LogP) is 2.28. The van der Waals surface area contributed by atoms with E-state index in [1.165, 1.54) is 43.9 Å². The fourth-order valence-electron chi connectivity index (χ4n) is 3.24. The second-order valence-corrected chi connectivity index (χ2v) is 6.43. The Morgan fingerprint density at radius 2 is 2.05 bits per heavy atom. The van der Waals surface area contributed by atoms with Crippen LogP contribution < -0.4 is 10.2 Å². The molecule has 1 saturated carbocycles. The lowest BCUT2D eigenvalue weighted by atomic mass is 10.1. The topological polar surface area (TPSA) is 31.4 Å². The molecule has 0 radical (unpaired) electrons. The monoisotopic (exact) mass is 288 g/mol. The minimum Gasteiger partial charge on any atom is -0.354 e. The van der Waals surface area contributed by atoms with Crippen LogP contribution in [0.25, 0.3) is 0 Å². The Morgan fingerprint density at radius 3 is 2.71 bits per heavy atom. The molecule has 1 unspecified atom stereocenters. The molecule has 1 saturated heterocycles. The van der Waals surface area contributed by atoms with Crippen molar-refractivity contribution in [3.05, 3.63) is 23.9 Å². The fraction of sp³-hybridized carbons (Fsp3) is 0.706. The molecule has 116 valence electrons. The van der Waals surface area contributed by atoms with E-state index in [0.29, 0.717) is 6.04 Å². The van der Waals surface area contributed by atoms with E-state index in [1.54, 1.807) is 0 Å². The highest BCUT2D eigenvalue weighted by Gasteiger charge is 2.27. The number of pyridine rings is 1. The van der Waals surface area contributed by atoms with E-state index in [9.17, 15) is 0 Å². The first kappa shape index (κ1) is 14.8. The summed E-state index contributed by atoms with van der Waals surface area (Å²) in [6.07, 6.45) is 4.82. The van der Waals surface area contributed by atoms with Gasteiger partial charge in [-0.3, -0.25) is 4.90 Å². The van der Waals surface area contributed by atoms with Gasteiger partial charge in [0.2, 0.25) is 0 Å². The van der Waals surface area contributed by atoms with Gasteiger partial charge in [-0.05, 0) is 38.3 Å². The van der Waals surface area contributed by atoms with Gasteiger partial charge < -0.3 is 10.2 Å². The minimum absolute atomic E-state index is 0.364. The van der Waals surface area contributed by atoms with Crippen molar-refractivity contribution in [2.75, 3.05) is 44.2 Å². The van der Waals surface area contributed by atoms with E-state index in [4.69, 9.17) is 0 Å². The van der Waals surface area contributed by atoms with Crippen LogP contribution in [0.2, 0.25) is 0 Å². The maximum absolute atomic E-state index is 4.67. The lowest BCUT2D eigenvalue weighted by molar-refractivity contribution is 0.247. The minimum atomic E-state index is 0.364. The molecule has 0 aromatic carbocycles. The lowest BCUT2D eigenvalue weighted by Gasteiger charge is -2.36. The quantitative estimate of drug-likeness (QED) is 0.870. The predicted molar refractivity (Wildman–Crippen MR) is 87.7 cm³/mol. The van der Waals surface area contributed by atoms with E-state index in [-0.39, 0.29) is 0 Å². The van der Waals surface area contributed by atoms with Crippen LogP contribution in [0.5, 0.6) is 0 Å². The van der Waals surface area contributed by atoms with Gasteiger partial charge in [0.15, 0.2) is 0 Å². The molecule has 1 aromatic rings. The van der Waals surface area contributed by atoms with E-state index in [0.717, 1.165) is 25.6 Å². The van der Waals surface area contributed by atoms with Crippen LogP contribution in [0.3, 0.4) is 0 Å². The number of piperazine rings is 1. The van der Waals surface area contributed by atoms with Crippen LogP contribution in [-0.2, 0) is 0 Å². The molecule has 0 bridgehead atoms. The summed E-state index contributed by atoms with van der Waals surface area (Å²) in [4.78, 5) is 9.77. The van der Waals surface area contributed by atoms with Crippen LogP contribution in [-0.4, -0.2) is 49.2 Å². The number of hydrogen-bond acceptors (Lipinski definition) is 4. The summed E-state index contributed by atoms with van der Waals surface area (Å²) in [6, 6.07) is 4.63. The number of hydrogen-bond donors (Lipinski definition) is 1. The molecular weight excluding hydrogens is 260 g/mol. The van der Waals surface area contributed by atoms with Crippen molar-refractivity contribution in [3.8, 4) is 0 Å². The Balaban J connectivity index is 1.64. The molecule has 1 aromatic heterocycles. The summed E-state index contributed by atoms with van der Waals surface area (Å²) in [5, 5.41) is 3.51. The summed E-state index contributed by atoms with van der Waals surface area (Å²) in [5.41, 5.74) is 1.33. The van der Waals surface area contributed by atoms with Crippen LogP contribution >= 0.6 is 0 Å². The van der Waals surface area contributed by atoms with Gasteiger partial charge in [-0.15, -0.1) is 0 Å². The Morgan fingerprint density at radius 1 is 1.29 bits per heavy atom. The molecule has 2 heterocycles. The van der Waals surface area contributed by atoms with Crippen molar-refractivity contribution in [1.82, 2.24) is 15.2 Å². The zero-order valence-electron chi connectivity index (χ0n) is 13.4. The first-order valence-corrected chi connectivity index (χ1v) is 8.43. The summed E-state index contributed by atoms with van der Waals surface area (Å²) in [6.45, 7) is 11.3. The van der Waals surface area contributed by atoms with Gasteiger partial charge in [-0.2, -0.15) is 0 Å². The second kappa shape index (κ2) is 6.75. The molecule has 2 fully saturated rings. The van der Waals surface area contributed by atoms with Gasteiger partial charge in [0.25, 0.3) is 0 Å². The number of nitrogens with zero attached hydrogens (tertiary/aromatic N) is 3. The summed E-state index contributed by atoms with van der Waals surface area (Å²) < 4.78 is 0. The van der Waals surface area contributed by atoms with Crippen LogP contribution in [0.4, 0.5) is 5.82 Å². The number of rotatable bonds is 6. The maximum atomic E-state index is 4.67. The van der Waals surface area contributed by atoms with Crippen molar-refractivity contribution < 1.29 is 0 Å². The smallest absolute Gasteiger partial charge is 0.133 e. The first-order valence-electron chi connectivity index (χ1n) is 8.43. The standard InChI is InChI=1S/C17H28N4/c1-3-18-14(2)16-5-4-8-19-17(16)21-11-9-20(10-12-21)13-15-6-7-15/h4-5,8,14-15,18H,3,6-7,9-13H2,1-2H3. The van der Waals surface area contributed by atoms with Gasteiger partial charge in [0.1, 0.15) is 5.82 Å². The third-order valence-corrected chi connectivity index (χ3v) is 4.68. The summed E-state index contributed by atoms with van der Waals surface area (Å²) in [7, 11) is 0. The summed E-state index contributed by atoms with van der Waals surface area (Å²) >= 11 is 0. The molecule has 1 aliphatic carbocycles. The normalized spacial score (nSPS) is 21.5. The summed E-state index contributed by atoms with van der Waals surface area (Å²) in [5.74, 6) is 2.17. The zero-order valence-corrected chi connectivity index (χ0v) is 13.4. The largest absolute Gasteiger partial charge is 0.354 e. The Bertz CT molecular complexity index is 450. The molecule has 0 spiro atoms. The first-order chi connectivity index (χ1) is 10.3. The average molecular weight is 288 g/mol. The number of nitrogens with one attached hydrogen (secondary N) is 1. The van der Waals surface area contributed by atoms with Gasteiger partial charge in [0.05, 0.1) is 0 Å². The highest BCUT2D eigenvalue weighted by molar-refractivity contribution is 5.48. The van der Waals surface area contributed by atoms with Crippen molar-refractivity contribution in [2.45, 2.75) is 32.7 Å². The molecule has 2 aliphatic rings. The van der Waals surface area contributed by atoms with Crippen molar-refractivity contribution in [3.63, 3.8) is 0 Å². The van der Waals surface area contributed by atoms with Crippen molar-refractivity contribution >= 4 is 5.82 Å². The highest BCUT2D eigenvalue weighted by atomic mass is 15.3. The maximum Gasteiger partial charge on any atom is 0.133 e. The molecule has 1 aliphatic heterocycles. The Labute approximate surface area is 128 Å². The van der Waals surface area contributed by atoms with E-state index in [1.807, 2.05) is 6.20 Å². The molecule has 4 heteroatoms. The molecule has 0 amide bonds. The van der Waals surface area contributed by atoms with E-state index < -0.39 is 0 Å². The lowest BCUT2D eigenvalue weighted by Crippen LogP contribution is -2.47. The van der Waals surface area contributed by atoms with Gasteiger partial charge in [-0.1, -0.05) is 13.0 Å². The van der Waals surface area contributed by atoms with Crippen LogP contribution in [0.15, 0.2) is 18.3 Å². The third kappa shape index (κ3) is 3.74. The molecule has 1 N–H and O–H groups in total. The third-order valence-electron chi connectivity index (χ3n) is 4.68. The Kier molecular flexibility index (Phi) is 4.76. The van der Waals surface area contributed by atoms with Gasteiger partial charge in [-0.25, -0.2) is 4.98 Å². The molecular formula is C17H28N4. The average Bonchev–Trinajstić information content (AvgIpc) is 3.32. The second-order valence-electron chi connectivity index (χ2n) is 6.43. The van der Waals surface area contributed by atoms with E-state index >= 15 is 0 Å². The highest BCUT2D eigenvalue weighted by Crippen LogP contribution is 2.30. The molecule has 21 heavy (non-hydrogen) atoms. The van der Waals surface area contributed by atoms with Crippen LogP contribution in [0, 0.1) is 5.92 Å². The van der Waals surface area contributed by atoms with Gasteiger partial charge >= 0.3 is 0 Å². The molecule has 1 atom stereocenters. The van der Waals surface area contributed by atoms with Gasteiger partial charge in [0, 0.05) is 50.5 Å².